The Balaban J connectivity index is 2.51. The zero-order valence-corrected chi connectivity index (χ0v) is 14.1. The van der Waals surface area contributed by atoms with E-state index in [0.717, 1.165) is 13.8 Å². The van der Waals surface area contributed by atoms with E-state index < -0.39 is 66.4 Å². The van der Waals surface area contributed by atoms with Gasteiger partial charge in [-0.1, -0.05) is 0 Å². The van der Waals surface area contributed by atoms with E-state index in [1.165, 1.54) is 0 Å². The summed E-state index contributed by atoms with van der Waals surface area (Å²) in [5.74, 6) is -4.00. The fourth-order valence-electron chi connectivity index (χ4n) is 2.59. The van der Waals surface area contributed by atoms with Crippen LogP contribution in [0, 0.1) is 5.82 Å². The molecule has 0 aliphatic carbocycles. The van der Waals surface area contributed by atoms with E-state index >= 15 is 0 Å². The van der Waals surface area contributed by atoms with Crippen molar-refractivity contribution >= 4 is 17.8 Å². The molecule has 1 aliphatic rings. The molecule has 9 nitrogen and oxygen atoms in total. The van der Waals surface area contributed by atoms with Crippen molar-refractivity contribution in [1.82, 2.24) is 9.55 Å². The molecule has 3 atom stereocenters. The highest BCUT2D eigenvalue weighted by Gasteiger charge is 2.68. The number of rotatable bonds is 4. The molecule has 2 heterocycles. The summed E-state index contributed by atoms with van der Waals surface area (Å²) >= 11 is 0. The van der Waals surface area contributed by atoms with Crippen molar-refractivity contribution in [3.63, 3.8) is 0 Å². The molecule has 1 aliphatic heterocycles. The second kappa shape index (κ2) is 7.13. The van der Waals surface area contributed by atoms with Crippen LogP contribution < -0.4 is 11.4 Å². The Labute approximate surface area is 149 Å². The number of nitrogens with two attached hydrogens (primary N) is 1. The molecule has 0 unspecified atom stereocenters. The minimum atomic E-state index is -5.17. The fraction of sp³-hybridized carbons (Fsp3) is 0.571. The van der Waals surface area contributed by atoms with Crippen molar-refractivity contribution < 1.29 is 41.4 Å². The predicted molar refractivity (Wildman–Crippen MR) is 78.6 cm³/mol. The van der Waals surface area contributed by atoms with Gasteiger partial charge in [0.25, 0.3) is 0 Å². The average Bonchev–Trinajstić information content (AvgIpc) is 2.87. The van der Waals surface area contributed by atoms with E-state index in [1.54, 1.807) is 0 Å². The molecule has 0 aromatic carbocycles. The molecule has 1 saturated heterocycles. The summed E-state index contributed by atoms with van der Waals surface area (Å²) in [4.78, 5) is 37.3. The molecule has 0 bridgehead atoms. The van der Waals surface area contributed by atoms with Gasteiger partial charge in [-0.2, -0.15) is 18.2 Å². The van der Waals surface area contributed by atoms with E-state index in [1.807, 2.05) is 0 Å². The summed E-state index contributed by atoms with van der Waals surface area (Å²) in [6.45, 7) is 0.415. The highest BCUT2D eigenvalue weighted by atomic mass is 19.4. The maximum atomic E-state index is 13.8. The molecular formula is C14H15F4N3O6. The van der Waals surface area contributed by atoms with Gasteiger partial charge in [0, 0.05) is 20.3 Å². The number of carbonyl (C=O) groups excluding carboxylic acids is 2. The van der Waals surface area contributed by atoms with Gasteiger partial charge in [0.05, 0.1) is 6.20 Å². The first-order valence-corrected chi connectivity index (χ1v) is 7.46. The number of alkyl halides is 3. The first-order chi connectivity index (χ1) is 12.4. The zero-order valence-electron chi connectivity index (χ0n) is 14.1. The molecule has 150 valence electrons. The zero-order chi connectivity index (χ0) is 20.6. The molecule has 1 aromatic rings. The number of ether oxygens (including phenoxy) is 3. The lowest BCUT2D eigenvalue weighted by Crippen LogP contribution is -2.57. The molecular weight excluding hydrogens is 382 g/mol. The summed E-state index contributed by atoms with van der Waals surface area (Å²) in [7, 11) is 0. The van der Waals surface area contributed by atoms with E-state index in [9.17, 15) is 31.9 Å². The van der Waals surface area contributed by atoms with Crippen LogP contribution in [0.25, 0.3) is 0 Å². The van der Waals surface area contributed by atoms with Gasteiger partial charge in [-0.05, 0) is 0 Å². The summed E-state index contributed by atoms with van der Waals surface area (Å²) in [6, 6.07) is 0. The summed E-state index contributed by atoms with van der Waals surface area (Å²) in [5.41, 5.74) is 0.705. The summed E-state index contributed by atoms with van der Waals surface area (Å²) in [6.07, 6.45) is -8.99. The fourth-order valence-corrected chi connectivity index (χ4v) is 2.59. The lowest BCUT2D eigenvalue weighted by molar-refractivity contribution is -0.308. The van der Waals surface area contributed by atoms with E-state index in [2.05, 4.69) is 9.72 Å². The van der Waals surface area contributed by atoms with Gasteiger partial charge < -0.3 is 19.9 Å². The highest BCUT2D eigenvalue weighted by molar-refractivity contribution is 5.67. The molecule has 27 heavy (non-hydrogen) atoms. The molecule has 0 radical (unpaired) electrons. The van der Waals surface area contributed by atoms with Crippen LogP contribution >= 0.6 is 0 Å². The Morgan fingerprint density at radius 3 is 2.56 bits per heavy atom. The Hall–Kier alpha value is -2.70. The number of hydrogen-bond acceptors (Lipinski definition) is 8. The third-order valence-electron chi connectivity index (χ3n) is 3.80. The summed E-state index contributed by atoms with van der Waals surface area (Å²) < 4.78 is 69.6. The van der Waals surface area contributed by atoms with Gasteiger partial charge in [-0.15, -0.1) is 0 Å². The van der Waals surface area contributed by atoms with E-state index in [-0.39, 0.29) is 0 Å². The molecule has 2 rings (SSSR count). The van der Waals surface area contributed by atoms with Gasteiger partial charge in [-0.25, -0.2) is 9.18 Å². The largest absolute Gasteiger partial charge is 0.462 e. The predicted octanol–water partition coefficient (Wildman–Crippen LogP) is 0.679. The third kappa shape index (κ3) is 4.02. The first-order valence-electron chi connectivity index (χ1n) is 7.46. The van der Waals surface area contributed by atoms with Gasteiger partial charge in [-0.3, -0.25) is 14.2 Å². The maximum absolute atomic E-state index is 13.8. The maximum Gasteiger partial charge on any atom is 0.424 e. The minimum Gasteiger partial charge on any atom is -0.462 e. The molecule has 0 saturated carbocycles. The number of aromatic nitrogens is 2. The number of nitrogen functional groups attached to an aromatic ring is 1. The Kier molecular flexibility index (Phi) is 5.45. The van der Waals surface area contributed by atoms with Crippen LogP contribution in [0.5, 0.6) is 0 Å². The monoisotopic (exact) mass is 397 g/mol. The molecule has 0 spiro atoms. The number of nitrogens with zero attached hydrogens (tertiary/aromatic N) is 2. The van der Waals surface area contributed by atoms with Crippen LogP contribution in [0.4, 0.5) is 23.4 Å². The lowest BCUT2D eigenvalue weighted by atomic mass is 9.96. The average molecular weight is 397 g/mol. The van der Waals surface area contributed by atoms with E-state index in [0.29, 0.717) is 10.8 Å². The molecule has 1 aromatic heterocycles. The number of esters is 2. The molecule has 2 N–H and O–H groups in total. The van der Waals surface area contributed by atoms with Crippen molar-refractivity contribution in [2.75, 3.05) is 12.3 Å². The highest BCUT2D eigenvalue weighted by Crippen LogP contribution is 2.48. The molecule has 0 amide bonds. The lowest BCUT2D eigenvalue weighted by Gasteiger charge is -2.34. The van der Waals surface area contributed by atoms with Crippen LogP contribution in [0.1, 0.15) is 26.5 Å². The van der Waals surface area contributed by atoms with Crippen molar-refractivity contribution in [1.29, 1.82) is 0 Å². The Morgan fingerprint density at radius 1 is 1.41 bits per heavy atom. The van der Waals surface area contributed by atoms with Crippen molar-refractivity contribution in [2.24, 2.45) is 0 Å². The normalized spacial score (nSPS) is 25.3. The number of hydrogen-bond donors (Lipinski definition) is 1. The van der Waals surface area contributed by atoms with Crippen molar-refractivity contribution in [3.8, 4) is 0 Å². The topological polar surface area (TPSA) is 123 Å². The third-order valence-corrected chi connectivity index (χ3v) is 3.80. The van der Waals surface area contributed by atoms with Gasteiger partial charge in [0.1, 0.15) is 18.9 Å². The smallest absolute Gasteiger partial charge is 0.424 e. The quantitative estimate of drug-likeness (QED) is 0.581. The van der Waals surface area contributed by atoms with Gasteiger partial charge in [0.15, 0.2) is 11.6 Å². The van der Waals surface area contributed by atoms with Crippen molar-refractivity contribution in [2.45, 2.75) is 44.4 Å². The summed E-state index contributed by atoms with van der Waals surface area (Å²) in [5, 5.41) is 0. The van der Waals surface area contributed by atoms with E-state index in [4.69, 9.17) is 15.2 Å². The van der Waals surface area contributed by atoms with Gasteiger partial charge in [0.2, 0.25) is 5.60 Å². The Morgan fingerprint density at radius 2 is 2.04 bits per heavy atom. The number of halogens is 4. The van der Waals surface area contributed by atoms with Crippen LogP contribution in [-0.2, 0) is 23.8 Å². The second-order valence-corrected chi connectivity index (χ2v) is 5.74. The number of anilines is 1. The SMILES string of the molecule is CC(=O)OC[C@@]1(C(F)(F)F)O[C@@H](n2cc(F)c(N)nc2=O)C[C@@H]1OC(C)=O. The molecule has 13 heteroatoms. The minimum absolute atomic E-state index is 0.448. The van der Waals surface area contributed by atoms with Gasteiger partial charge >= 0.3 is 23.8 Å². The Bertz CT molecular complexity index is 811. The van der Waals surface area contributed by atoms with Crippen LogP contribution in [0.2, 0.25) is 0 Å². The number of carbonyl (C=O) groups is 2. The molecule has 1 fully saturated rings. The first kappa shape index (κ1) is 20.6. The van der Waals surface area contributed by atoms with Crippen LogP contribution in [0.15, 0.2) is 11.0 Å². The van der Waals surface area contributed by atoms with Crippen molar-refractivity contribution in [3.05, 3.63) is 22.5 Å². The second-order valence-electron chi connectivity index (χ2n) is 5.74. The van der Waals surface area contributed by atoms with Crippen LogP contribution in [-0.4, -0.2) is 46.0 Å². The standard InChI is InChI=1S/C14H15F4N3O6/c1-6(22)25-5-13(14(16,17)18)9(26-7(2)23)3-10(27-13)21-4-8(15)11(19)20-12(21)24/h4,9-10H,3,5H2,1-2H3,(H2,19,20,24)/t9-,10+,13+/m0/s1. The van der Waals surface area contributed by atoms with Crippen LogP contribution in [0.3, 0.4) is 0 Å².